The van der Waals surface area contributed by atoms with Crippen LogP contribution in [0.5, 0.6) is 0 Å². The van der Waals surface area contributed by atoms with Crippen LogP contribution < -0.4 is 0 Å². The predicted molar refractivity (Wildman–Crippen MR) is 79.9 cm³/mol. The first-order valence-electron chi connectivity index (χ1n) is 6.66. The number of rotatable bonds is 6. The Hall–Kier alpha value is -1.66. The first-order chi connectivity index (χ1) is 9.65. The molecule has 0 aromatic carbocycles. The molecule has 0 bridgehead atoms. The highest BCUT2D eigenvalue weighted by molar-refractivity contribution is 7.09. The van der Waals surface area contributed by atoms with Crippen LogP contribution in [0.2, 0.25) is 0 Å². The molecule has 5 nitrogen and oxygen atoms in total. The Balaban J connectivity index is 2.16. The largest absolute Gasteiger partial charge is 0.395 e. The molecule has 0 saturated heterocycles. The number of hydrogen-bond acceptors (Lipinski definition) is 4. The van der Waals surface area contributed by atoms with Crippen molar-refractivity contribution in [2.45, 2.75) is 20.3 Å². The minimum Gasteiger partial charge on any atom is -0.395 e. The van der Waals surface area contributed by atoms with Crippen molar-refractivity contribution in [2.24, 2.45) is 0 Å². The third-order valence-corrected chi connectivity index (χ3v) is 3.75. The Labute approximate surface area is 122 Å². The molecule has 0 spiro atoms. The molecule has 0 aliphatic heterocycles. The zero-order valence-electron chi connectivity index (χ0n) is 11.7. The molecule has 2 heterocycles. The molecule has 2 aromatic heterocycles. The molecule has 0 aliphatic rings. The van der Waals surface area contributed by atoms with E-state index in [1.54, 1.807) is 22.4 Å². The summed E-state index contributed by atoms with van der Waals surface area (Å²) in [6, 6.07) is 1.82. The Kier molecular flexibility index (Phi) is 4.92. The molecule has 2 aromatic rings. The first kappa shape index (κ1) is 14.7. The van der Waals surface area contributed by atoms with Crippen LogP contribution in [0, 0.1) is 6.92 Å². The maximum atomic E-state index is 12.3. The second kappa shape index (κ2) is 6.67. The zero-order valence-corrected chi connectivity index (χ0v) is 12.5. The number of aliphatic hydroxyl groups is 1. The third-order valence-electron chi connectivity index (χ3n) is 2.98. The molecule has 0 radical (unpaired) electrons. The van der Waals surface area contributed by atoms with Gasteiger partial charge in [-0.25, -0.2) is 4.98 Å². The van der Waals surface area contributed by atoms with Crippen LogP contribution in [0.3, 0.4) is 0 Å². The van der Waals surface area contributed by atoms with Gasteiger partial charge in [0.05, 0.1) is 17.3 Å². The van der Waals surface area contributed by atoms with Gasteiger partial charge in [0, 0.05) is 30.2 Å². The SMILES string of the molecule is CCCN(CCO)C(=O)c1cc(-c2csc(C)n2)c[nH]1. The van der Waals surface area contributed by atoms with Crippen molar-refractivity contribution in [2.75, 3.05) is 19.7 Å². The maximum Gasteiger partial charge on any atom is 0.270 e. The Morgan fingerprint density at radius 2 is 2.30 bits per heavy atom. The molecule has 2 rings (SSSR count). The lowest BCUT2D eigenvalue weighted by atomic mass is 10.2. The zero-order chi connectivity index (χ0) is 14.5. The number of aromatic amines is 1. The second-order valence-electron chi connectivity index (χ2n) is 4.57. The van der Waals surface area contributed by atoms with Crippen molar-refractivity contribution in [1.82, 2.24) is 14.9 Å². The molecular formula is C14H19N3O2S. The summed E-state index contributed by atoms with van der Waals surface area (Å²) in [6.45, 7) is 4.94. The van der Waals surface area contributed by atoms with E-state index in [1.165, 1.54) is 0 Å². The average Bonchev–Trinajstić information content (AvgIpc) is 3.06. The number of nitrogens with one attached hydrogen (secondary N) is 1. The number of carbonyl (C=O) groups is 1. The van der Waals surface area contributed by atoms with Crippen LogP contribution >= 0.6 is 11.3 Å². The highest BCUT2D eigenvalue weighted by Gasteiger charge is 2.17. The summed E-state index contributed by atoms with van der Waals surface area (Å²) in [7, 11) is 0. The Morgan fingerprint density at radius 1 is 1.50 bits per heavy atom. The van der Waals surface area contributed by atoms with E-state index in [1.807, 2.05) is 25.3 Å². The van der Waals surface area contributed by atoms with Gasteiger partial charge in [-0.2, -0.15) is 0 Å². The van der Waals surface area contributed by atoms with Gasteiger partial charge in [-0.1, -0.05) is 6.92 Å². The third kappa shape index (κ3) is 3.26. The van der Waals surface area contributed by atoms with Crippen LogP contribution in [-0.4, -0.2) is 45.6 Å². The highest BCUT2D eigenvalue weighted by Crippen LogP contribution is 2.22. The van der Waals surface area contributed by atoms with Gasteiger partial charge in [0.1, 0.15) is 5.69 Å². The highest BCUT2D eigenvalue weighted by atomic mass is 32.1. The average molecular weight is 293 g/mol. The molecule has 6 heteroatoms. The van der Waals surface area contributed by atoms with Gasteiger partial charge in [-0.15, -0.1) is 11.3 Å². The first-order valence-corrected chi connectivity index (χ1v) is 7.54. The van der Waals surface area contributed by atoms with Crippen molar-refractivity contribution in [3.05, 3.63) is 28.3 Å². The van der Waals surface area contributed by atoms with E-state index in [0.717, 1.165) is 22.7 Å². The predicted octanol–water partition coefficient (Wildman–Crippen LogP) is 2.29. The van der Waals surface area contributed by atoms with E-state index in [0.29, 0.717) is 18.8 Å². The van der Waals surface area contributed by atoms with Crippen molar-refractivity contribution in [1.29, 1.82) is 0 Å². The topological polar surface area (TPSA) is 69.2 Å². The fraction of sp³-hybridized carbons (Fsp3) is 0.429. The molecule has 108 valence electrons. The van der Waals surface area contributed by atoms with Crippen molar-refractivity contribution < 1.29 is 9.90 Å². The molecule has 0 saturated carbocycles. The van der Waals surface area contributed by atoms with Gasteiger partial charge < -0.3 is 15.0 Å². The monoisotopic (exact) mass is 293 g/mol. The number of H-pyrrole nitrogens is 1. The lowest BCUT2D eigenvalue weighted by molar-refractivity contribution is 0.0717. The van der Waals surface area contributed by atoms with E-state index >= 15 is 0 Å². The summed E-state index contributed by atoms with van der Waals surface area (Å²) in [4.78, 5) is 21.4. The molecule has 0 atom stereocenters. The summed E-state index contributed by atoms with van der Waals surface area (Å²) in [5.41, 5.74) is 2.33. The van der Waals surface area contributed by atoms with E-state index in [-0.39, 0.29) is 12.5 Å². The number of aliphatic hydroxyl groups excluding tert-OH is 1. The smallest absolute Gasteiger partial charge is 0.270 e. The van der Waals surface area contributed by atoms with Gasteiger partial charge >= 0.3 is 0 Å². The molecule has 20 heavy (non-hydrogen) atoms. The van der Waals surface area contributed by atoms with Gasteiger partial charge in [0.2, 0.25) is 0 Å². The van der Waals surface area contributed by atoms with Crippen LogP contribution in [0.15, 0.2) is 17.6 Å². The number of aromatic nitrogens is 2. The number of hydrogen-bond donors (Lipinski definition) is 2. The van der Waals surface area contributed by atoms with E-state index in [4.69, 9.17) is 5.11 Å². The van der Waals surface area contributed by atoms with E-state index in [9.17, 15) is 4.79 Å². The Morgan fingerprint density at radius 3 is 2.90 bits per heavy atom. The summed E-state index contributed by atoms with van der Waals surface area (Å²) >= 11 is 1.59. The number of carbonyl (C=O) groups excluding carboxylic acids is 1. The van der Waals surface area contributed by atoms with Gasteiger partial charge in [-0.3, -0.25) is 4.79 Å². The normalized spacial score (nSPS) is 10.8. The summed E-state index contributed by atoms with van der Waals surface area (Å²) in [5.74, 6) is -0.0842. The molecule has 0 unspecified atom stereocenters. The van der Waals surface area contributed by atoms with Gasteiger partial charge in [0.25, 0.3) is 5.91 Å². The van der Waals surface area contributed by atoms with Crippen LogP contribution in [0.25, 0.3) is 11.3 Å². The van der Waals surface area contributed by atoms with E-state index in [2.05, 4.69) is 9.97 Å². The number of amides is 1. The molecule has 1 amide bonds. The summed E-state index contributed by atoms with van der Waals surface area (Å²) < 4.78 is 0. The maximum absolute atomic E-state index is 12.3. The van der Waals surface area contributed by atoms with E-state index < -0.39 is 0 Å². The van der Waals surface area contributed by atoms with Gasteiger partial charge in [-0.05, 0) is 19.4 Å². The minimum atomic E-state index is -0.0842. The summed E-state index contributed by atoms with van der Waals surface area (Å²) in [6.07, 6.45) is 2.66. The van der Waals surface area contributed by atoms with Crippen molar-refractivity contribution in [3.8, 4) is 11.3 Å². The van der Waals surface area contributed by atoms with Crippen LogP contribution in [-0.2, 0) is 0 Å². The summed E-state index contributed by atoms with van der Waals surface area (Å²) in [5, 5.41) is 12.0. The van der Waals surface area contributed by atoms with Crippen LogP contribution in [0.1, 0.15) is 28.8 Å². The molecule has 2 N–H and O–H groups in total. The fourth-order valence-corrected chi connectivity index (χ4v) is 2.66. The fourth-order valence-electron chi connectivity index (χ4n) is 2.04. The minimum absolute atomic E-state index is 0.0232. The molecule has 0 aliphatic carbocycles. The van der Waals surface area contributed by atoms with Crippen molar-refractivity contribution in [3.63, 3.8) is 0 Å². The quantitative estimate of drug-likeness (QED) is 0.858. The number of aryl methyl sites for hydroxylation is 1. The van der Waals surface area contributed by atoms with Crippen LogP contribution in [0.4, 0.5) is 0 Å². The number of nitrogens with zero attached hydrogens (tertiary/aromatic N) is 2. The molecule has 0 fully saturated rings. The van der Waals surface area contributed by atoms with Gasteiger partial charge in [0.15, 0.2) is 0 Å². The lowest BCUT2D eigenvalue weighted by Crippen LogP contribution is -2.34. The second-order valence-corrected chi connectivity index (χ2v) is 5.63. The number of thiazole rings is 1. The Bertz CT molecular complexity index is 570. The van der Waals surface area contributed by atoms with Crippen molar-refractivity contribution >= 4 is 17.2 Å². The lowest BCUT2D eigenvalue weighted by Gasteiger charge is -2.20. The molecular weight excluding hydrogens is 274 g/mol. The standard InChI is InChI=1S/C14H19N3O2S/c1-3-4-17(5-6-18)14(19)12-7-11(8-15-12)13-9-20-10(2)16-13/h7-9,15,18H,3-6H2,1-2H3.